The summed E-state index contributed by atoms with van der Waals surface area (Å²) >= 11 is 0. The quantitative estimate of drug-likeness (QED) is 0.867. The molecule has 0 radical (unpaired) electrons. The first-order chi connectivity index (χ1) is 9.15. The minimum atomic E-state index is -0.986. The minimum absolute atomic E-state index is 0.0973. The first-order valence-electron chi connectivity index (χ1n) is 6.39. The van der Waals surface area contributed by atoms with E-state index in [4.69, 9.17) is 9.84 Å². The summed E-state index contributed by atoms with van der Waals surface area (Å²) in [6.07, 6.45) is -0.538. The van der Waals surface area contributed by atoms with Gasteiger partial charge >= 0.3 is 5.97 Å². The molecule has 1 amide bonds. The van der Waals surface area contributed by atoms with Crippen LogP contribution in [0, 0.1) is 0 Å². The molecule has 0 aliphatic carbocycles. The Hall–Kier alpha value is -1.88. The van der Waals surface area contributed by atoms with Crippen molar-refractivity contribution in [2.75, 3.05) is 0 Å². The highest BCUT2D eigenvalue weighted by atomic mass is 16.5. The molecule has 2 unspecified atom stereocenters. The average Bonchev–Trinajstić information content (AvgIpc) is 3.04. The van der Waals surface area contributed by atoms with Crippen LogP contribution in [0.5, 0.6) is 0 Å². The van der Waals surface area contributed by atoms with E-state index in [1.54, 1.807) is 4.90 Å². The van der Waals surface area contributed by atoms with Crippen LogP contribution in [0.25, 0.3) is 0 Å². The van der Waals surface area contributed by atoms with Gasteiger partial charge in [-0.3, -0.25) is 4.79 Å². The number of aliphatic carboxylic acids is 1. The lowest BCUT2D eigenvalue weighted by atomic mass is 10.1. The number of fused-ring (bicyclic) bond motifs is 1. The molecule has 0 bridgehead atoms. The van der Waals surface area contributed by atoms with Crippen LogP contribution in [0.4, 0.5) is 0 Å². The van der Waals surface area contributed by atoms with Crippen LogP contribution in [-0.2, 0) is 27.4 Å². The lowest BCUT2D eigenvalue weighted by Gasteiger charge is -2.19. The SMILES string of the molecule is O=C(O)C1CCC(C(=O)N2Cc3ccccc3C2)O1. The third kappa shape index (κ3) is 2.21. The van der Waals surface area contributed by atoms with Crippen LogP contribution in [0.2, 0.25) is 0 Å². The van der Waals surface area contributed by atoms with Gasteiger partial charge in [-0.05, 0) is 24.0 Å². The molecule has 5 heteroatoms. The fourth-order valence-corrected chi connectivity index (χ4v) is 2.69. The predicted octanol–water partition coefficient (Wildman–Crippen LogP) is 1.16. The third-order valence-electron chi connectivity index (χ3n) is 3.72. The van der Waals surface area contributed by atoms with Crippen molar-refractivity contribution in [3.05, 3.63) is 35.4 Å². The van der Waals surface area contributed by atoms with Crippen molar-refractivity contribution in [1.82, 2.24) is 4.90 Å². The molecular weight excluding hydrogens is 246 g/mol. The van der Waals surface area contributed by atoms with Gasteiger partial charge in [0.05, 0.1) is 0 Å². The first kappa shape index (κ1) is 12.2. The molecule has 1 aromatic rings. The highest BCUT2D eigenvalue weighted by molar-refractivity contribution is 5.83. The highest BCUT2D eigenvalue weighted by Gasteiger charge is 2.38. The van der Waals surface area contributed by atoms with E-state index >= 15 is 0 Å². The molecule has 1 fully saturated rings. The second kappa shape index (κ2) is 4.66. The molecular formula is C14H15NO4. The Labute approximate surface area is 110 Å². The van der Waals surface area contributed by atoms with Crippen LogP contribution >= 0.6 is 0 Å². The second-order valence-corrected chi connectivity index (χ2v) is 4.99. The van der Waals surface area contributed by atoms with Gasteiger partial charge in [-0.25, -0.2) is 4.79 Å². The lowest BCUT2D eigenvalue weighted by molar-refractivity contribution is -0.155. The zero-order valence-corrected chi connectivity index (χ0v) is 10.4. The molecule has 19 heavy (non-hydrogen) atoms. The van der Waals surface area contributed by atoms with Gasteiger partial charge in [-0.1, -0.05) is 24.3 Å². The van der Waals surface area contributed by atoms with Crippen LogP contribution in [0.1, 0.15) is 24.0 Å². The zero-order chi connectivity index (χ0) is 13.4. The minimum Gasteiger partial charge on any atom is -0.479 e. The maximum Gasteiger partial charge on any atom is 0.332 e. The summed E-state index contributed by atoms with van der Waals surface area (Å²) in [5, 5.41) is 8.87. The lowest BCUT2D eigenvalue weighted by Crippen LogP contribution is -2.36. The normalized spacial score (nSPS) is 25.4. The fraction of sp³-hybridized carbons (Fsp3) is 0.429. The van der Waals surface area contributed by atoms with E-state index in [-0.39, 0.29) is 5.91 Å². The Bertz CT molecular complexity index is 503. The van der Waals surface area contributed by atoms with Crippen molar-refractivity contribution in [3.8, 4) is 0 Å². The summed E-state index contributed by atoms with van der Waals surface area (Å²) in [5.74, 6) is -1.08. The summed E-state index contributed by atoms with van der Waals surface area (Å²) in [7, 11) is 0. The van der Waals surface area contributed by atoms with Gasteiger partial charge in [0.2, 0.25) is 0 Å². The largest absolute Gasteiger partial charge is 0.479 e. The number of nitrogens with zero attached hydrogens (tertiary/aromatic N) is 1. The van der Waals surface area contributed by atoms with Gasteiger partial charge in [-0.15, -0.1) is 0 Å². The van der Waals surface area contributed by atoms with E-state index in [1.165, 1.54) is 0 Å². The molecule has 1 saturated heterocycles. The number of hydrogen-bond donors (Lipinski definition) is 1. The number of amides is 1. The molecule has 0 saturated carbocycles. The Balaban J connectivity index is 1.66. The maximum atomic E-state index is 12.3. The molecule has 2 aliphatic heterocycles. The topological polar surface area (TPSA) is 66.8 Å². The molecule has 0 aromatic heterocycles. The first-order valence-corrected chi connectivity index (χ1v) is 6.39. The van der Waals surface area contributed by atoms with Crippen LogP contribution in [0.15, 0.2) is 24.3 Å². The number of carbonyl (C=O) groups excluding carboxylic acids is 1. The Morgan fingerprint density at radius 3 is 2.21 bits per heavy atom. The maximum absolute atomic E-state index is 12.3. The van der Waals surface area contributed by atoms with Crippen LogP contribution in [-0.4, -0.2) is 34.1 Å². The summed E-state index contributed by atoms with van der Waals surface area (Å²) in [5.41, 5.74) is 2.31. The second-order valence-electron chi connectivity index (χ2n) is 4.99. The van der Waals surface area contributed by atoms with Crippen molar-refractivity contribution in [3.63, 3.8) is 0 Å². The third-order valence-corrected chi connectivity index (χ3v) is 3.72. The summed E-state index contributed by atoms with van der Waals surface area (Å²) < 4.78 is 5.31. The van der Waals surface area contributed by atoms with E-state index in [0.717, 1.165) is 11.1 Å². The molecule has 0 spiro atoms. The zero-order valence-electron chi connectivity index (χ0n) is 10.4. The molecule has 2 heterocycles. The molecule has 5 nitrogen and oxygen atoms in total. The summed E-state index contributed by atoms with van der Waals surface area (Å²) in [6, 6.07) is 7.94. The van der Waals surface area contributed by atoms with Crippen molar-refractivity contribution in [2.45, 2.75) is 38.1 Å². The van der Waals surface area contributed by atoms with E-state index < -0.39 is 18.2 Å². The molecule has 3 rings (SSSR count). The van der Waals surface area contributed by atoms with Crippen molar-refractivity contribution >= 4 is 11.9 Å². The molecule has 1 N–H and O–H groups in total. The van der Waals surface area contributed by atoms with E-state index in [2.05, 4.69) is 0 Å². The number of carboxylic acid groups (broad SMARTS) is 1. The van der Waals surface area contributed by atoms with Crippen LogP contribution in [0.3, 0.4) is 0 Å². The standard InChI is InChI=1S/C14H15NO4/c16-13(11-5-6-12(19-11)14(17)18)15-7-9-3-1-2-4-10(9)8-15/h1-4,11-12H,5-8H2,(H,17,18). The number of ether oxygens (including phenoxy) is 1. The summed E-state index contributed by atoms with van der Waals surface area (Å²) in [6.45, 7) is 1.18. The molecule has 2 aliphatic rings. The van der Waals surface area contributed by atoms with Gasteiger partial charge in [0, 0.05) is 13.1 Å². The van der Waals surface area contributed by atoms with Gasteiger partial charge in [0.1, 0.15) is 6.10 Å². The fourth-order valence-electron chi connectivity index (χ4n) is 2.69. The number of rotatable bonds is 2. The summed E-state index contributed by atoms with van der Waals surface area (Å²) in [4.78, 5) is 24.8. The smallest absolute Gasteiger partial charge is 0.332 e. The van der Waals surface area contributed by atoms with Gasteiger partial charge in [0.15, 0.2) is 6.10 Å². The Kier molecular flexibility index (Phi) is 2.98. The van der Waals surface area contributed by atoms with E-state index in [9.17, 15) is 9.59 Å². The number of carbonyl (C=O) groups is 2. The molecule has 100 valence electrons. The van der Waals surface area contributed by atoms with Gasteiger partial charge in [-0.2, -0.15) is 0 Å². The van der Waals surface area contributed by atoms with Crippen molar-refractivity contribution in [1.29, 1.82) is 0 Å². The monoisotopic (exact) mass is 261 g/mol. The van der Waals surface area contributed by atoms with E-state index in [1.807, 2.05) is 24.3 Å². The average molecular weight is 261 g/mol. The molecule has 1 aromatic carbocycles. The number of benzene rings is 1. The van der Waals surface area contributed by atoms with Gasteiger partial charge in [0.25, 0.3) is 5.91 Å². The van der Waals surface area contributed by atoms with Crippen molar-refractivity contribution < 1.29 is 19.4 Å². The predicted molar refractivity (Wildman–Crippen MR) is 66.2 cm³/mol. The van der Waals surface area contributed by atoms with Crippen molar-refractivity contribution in [2.24, 2.45) is 0 Å². The van der Waals surface area contributed by atoms with Crippen LogP contribution < -0.4 is 0 Å². The Morgan fingerprint density at radius 2 is 1.68 bits per heavy atom. The van der Waals surface area contributed by atoms with E-state index in [0.29, 0.717) is 25.9 Å². The Morgan fingerprint density at radius 1 is 1.11 bits per heavy atom. The van der Waals surface area contributed by atoms with Gasteiger partial charge < -0.3 is 14.7 Å². The number of carboxylic acids is 1. The molecule has 2 atom stereocenters. The number of hydrogen-bond acceptors (Lipinski definition) is 3. The highest BCUT2D eigenvalue weighted by Crippen LogP contribution is 2.27.